The number of anilines is 2. The number of ether oxygens (including phenoxy) is 1. The molecule has 0 atom stereocenters. The maximum atomic E-state index is 12.0. The summed E-state index contributed by atoms with van der Waals surface area (Å²) in [5.74, 6) is 4.13. The third kappa shape index (κ3) is 3.91. The molecule has 0 N–H and O–H groups in total. The number of fused-ring (bicyclic) bond motifs is 2. The summed E-state index contributed by atoms with van der Waals surface area (Å²) in [5, 5.41) is 0.670. The molecule has 8 heteroatoms. The number of benzene rings is 2. The molecule has 0 unspecified atom stereocenters. The smallest absolute Gasteiger partial charge is 0.259 e. The summed E-state index contributed by atoms with van der Waals surface area (Å²) in [6.07, 6.45) is 0.833. The Hall–Kier alpha value is -2.77. The Balaban J connectivity index is 1.52. The molecular weight excluding hydrogens is 444 g/mol. The number of halogens is 1. The van der Waals surface area contributed by atoms with Crippen molar-refractivity contribution in [2.75, 3.05) is 32.1 Å². The van der Waals surface area contributed by atoms with Crippen LogP contribution < -0.4 is 9.64 Å². The first-order valence-electron chi connectivity index (χ1n) is 10.5. The molecule has 2 aliphatic rings. The molecule has 0 saturated carbocycles. The lowest BCUT2D eigenvalue weighted by molar-refractivity contribution is -0.130. The summed E-state index contributed by atoms with van der Waals surface area (Å²) in [6.45, 7) is 0.836. The average molecular weight is 467 g/mol. The van der Waals surface area contributed by atoms with Crippen LogP contribution in [0.2, 0.25) is 5.02 Å². The fourth-order valence-electron chi connectivity index (χ4n) is 4.04. The predicted molar refractivity (Wildman–Crippen MR) is 129 cm³/mol. The van der Waals surface area contributed by atoms with Crippen LogP contribution in [0.25, 0.3) is 11.4 Å². The molecule has 0 spiro atoms. The number of nitrogens with zero attached hydrogens (tertiary/aromatic N) is 4. The zero-order valence-corrected chi connectivity index (χ0v) is 19.5. The van der Waals surface area contributed by atoms with Crippen molar-refractivity contribution in [3.05, 3.63) is 64.3 Å². The van der Waals surface area contributed by atoms with Crippen LogP contribution in [0.15, 0.2) is 42.5 Å². The van der Waals surface area contributed by atoms with Crippen LogP contribution in [0.5, 0.6) is 5.75 Å². The minimum Gasteiger partial charge on any atom is -0.483 e. The van der Waals surface area contributed by atoms with Crippen LogP contribution >= 0.6 is 23.4 Å². The molecule has 0 radical (unpaired) electrons. The number of amides is 1. The fraction of sp³-hybridized carbons (Fsp3) is 0.292. The van der Waals surface area contributed by atoms with Crippen LogP contribution in [0.1, 0.15) is 16.8 Å². The zero-order chi connectivity index (χ0) is 22.2. The van der Waals surface area contributed by atoms with Gasteiger partial charge in [0.15, 0.2) is 12.4 Å². The summed E-state index contributed by atoms with van der Waals surface area (Å²) in [7, 11) is 3.46. The molecule has 164 valence electrons. The van der Waals surface area contributed by atoms with Crippen molar-refractivity contribution in [2.24, 2.45) is 0 Å². The highest BCUT2D eigenvalue weighted by Crippen LogP contribution is 2.43. The molecule has 0 fully saturated rings. The number of carbonyl (C=O) groups excluding carboxylic acids is 1. The molecule has 1 amide bonds. The van der Waals surface area contributed by atoms with Gasteiger partial charge in [-0.05, 0) is 30.7 Å². The van der Waals surface area contributed by atoms with E-state index in [1.807, 2.05) is 48.2 Å². The van der Waals surface area contributed by atoms with Gasteiger partial charge in [0.25, 0.3) is 5.91 Å². The molecule has 32 heavy (non-hydrogen) atoms. The zero-order valence-electron chi connectivity index (χ0n) is 18.0. The molecule has 2 aromatic carbocycles. The minimum atomic E-state index is -0.0609. The van der Waals surface area contributed by atoms with Crippen LogP contribution in [0, 0.1) is 0 Å². The van der Waals surface area contributed by atoms with Gasteiger partial charge in [-0.15, -0.1) is 0 Å². The number of carbonyl (C=O) groups is 1. The maximum absolute atomic E-state index is 12.0. The summed E-state index contributed by atoms with van der Waals surface area (Å²) in [6, 6.07) is 13.7. The molecule has 3 aromatic rings. The number of aromatic nitrogens is 2. The highest BCUT2D eigenvalue weighted by Gasteiger charge is 2.30. The average Bonchev–Trinajstić information content (AvgIpc) is 3.44. The summed E-state index contributed by atoms with van der Waals surface area (Å²) >= 11 is 8.08. The number of hydrogen-bond acceptors (Lipinski definition) is 6. The molecule has 0 aliphatic carbocycles. The Morgan fingerprint density at radius 1 is 1.16 bits per heavy atom. The number of hydrogen-bond donors (Lipinski definition) is 0. The molecule has 6 nitrogen and oxygen atoms in total. The van der Waals surface area contributed by atoms with E-state index in [0.717, 1.165) is 58.5 Å². The van der Waals surface area contributed by atoms with E-state index >= 15 is 0 Å². The molecule has 3 heterocycles. The van der Waals surface area contributed by atoms with Gasteiger partial charge in [0, 0.05) is 59.5 Å². The Morgan fingerprint density at radius 3 is 2.81 bits per heavy atom. The van der Waals surface area contributed by atoms with E-state index in [2.05, 4.69) is 11.0 Å². The Morgan fingerprint density at radius 2 is 2.00 bits per heavy atom. The highest BCUT2D eigenvalue weighted by molar-refractivity contribution is 7.98. The quantitative estimate of drug-likeness (QED) is 0.543. The van der Waals surface area contributed by atoms with Gasteiger partial charge in [0.05, 0.1) is 5.69 Å². The Kier molecular flexibility index (Phi) is 5.69. The third-order valence-corrected chi connectivity index (χ3v) is 6.93. The second-order valence-electron chi connectivity index (χ2n) is 8.03. The monoisotopic (exact) mass is 466 g/mol. The lowest BCUT2D eigenvalue weighted by Gasteiger charge is -2.22. The van der Waals surface area contributed by atoms with Crippen molar-refractivity contribution in [1.29, 1.82) is 0 Å². The van der Waals surface area contributed by atoms with E-state index in [1.54, 1.807) is 14.1 Å². The number of rotatable bonds is 5. The van der Waals surface area contributed by atoms with Gasteiger partial charge in [-0.3, -0.25) is 4.79 Å². The summed E-state index contributed by atoms with van der Waals surface area (Å²) in [4.78, 5) is 25.6. The van der Waals surface area contributed by atoms with Crippen molar-refractivity contribution in [1.82, 2.24) is 14.9 Å². The van der Waals surface area contributed by atoms with Crippen molar-refractivity contribution in [3.8, 4) is 17.1 Å². The number of likely N-dealkylation sites (N-methyl/N-ethyl adjacent to an activating group) is 1. The van der Waals surface area contributed by atoms with E-state index in [0.29, 0.717) is 10.8 Å². The van der Waals surface area contributed by atoms with Crippen LogP contribution in [0.3, 0.4) is 0 Å². The third-order valence-electron chi connectivity index (χ3n) is 5.73. The van der Waals surface area contributed by atoms with Crippen LogP contribution in [-0.4, -0.2) is 48.0 Å². The van der Waals surface area contributed by atoms with Gasteiger partial charge in [-0.2, -0.15) is 11.8 Å². The highest BCUT2D eigenvalue weighted by atomic mass is 35.5. The molecule has 5 rings (SSSR count). The van der Waals surface area contributed by atoms with Gasteiger partial charge in [0.2, 0.25) is 0 Å². The van der Waals surface area contributed by atoms with Gasteiger partial charge < -0.3 is 14.5 Å². The minimum absolute atomic E-state index is 0.0297. The second-order valence-corrected chi connectivity index (χ2v) is 9.45. The first kappa shape index (κ1) is 21.1. The van der Waals surface area contributed by atoms with Crippen molar-refractivity contribution >= 4 is 40.8 Å². The van der Waals surface area contributed by atoms with Gasteiger partial charge >= 0.3 is 0 Å². The van der Waals surface area contributed by atoms with Crippen molar-refractivity contribution in [3.63, 3.8) is 0 Å². The molecule has 0 bridgehead atoms. The van der Waals surface area contributed by atoms with E-state index < -0.39 is 0 Å². The van der Waals surface area contributed by atoms with E-state index in [-0.39, 0.29) is 12.5 Å². The Labute approximate surface area is 196 Å². The summed E-state index contributed by atoms with van der Waals surface area (Å²) in [5.41, 5.74) is 5.39. The number of thioether (sulfide) groups is 1. The van der Waals surface area contributed by atoms with E-state index in [9.17, 15) is 4.79 Å². The van der Waals surface area contributed by atoms with Crippen LogP contribution in [-0.2, 0) is 22.7 Å². The largest absolute Gasteiger partial charge is 0.483 e. The first-order valence-corrected chi connectivity index (χ1v) is 12.0. The normalized spacial score (nSPS) is 14.3. The van der Waals surface area contributed by atoms with Gasteiger partial charge in [-0.25, -0.2) is 9.97 Å². The fourth-order valence-corrected chi connectivity index (χ4v) is 5.26. The molecule has 0 saturated heterocycles. The van der Waals surface area contributed by atoms with E-state index in [4.69, 9.17) is 26.3 Å². The molecule has 2 aliphatic heterocycles. The topological polar surface area (TPSA) is 58.6 Å². The molecule has 1 aromatic heterocycles. The van der Waals surface area contributed by atoms with Crippen molar-refractivity contribution in [2.45, 2.75) is 17.9 Å². The van der Waals surface area contributed by atoms with Crippen molar-refractivity contribution < 1.29 is 9.53 Å². The maximum Gasteiger partial charge on any atom is 0.259 e. The van der Waals surface area contributed by atoms with Gasteiger partial charge in [0.1, 0.15) is 11.6 Å². The predicted octanol–water partition coefficient (Wildman–Crippen LogP) is 4.71. The Bertz CT molecular complexity index is 1200. The standard InChI is InChI=1S/C24H23ClN4O2S/c1-28(2)22(30)12-31-21-8-4-7-20-17(21)9-10-29(20)24-18-13-32-14-19(18)26-23(27-24)15-5-3-6-16(25)11-15/h3-8,11H,9-10,12-14H2,1-2H3. The molecular formula is C24H23ClN4O2S. The lowest BCUT2D eigenvalue weighted by atomic mass is 10.1. The van der Waals surface area contributed by atoms with Crippen LogP contribution in [0.4, 0.5) is 11.5 Å². The first-order chi connectivity index (χ1) is 15.5. The SMILES string of the molecule is CN(C)C(=O)COc1cccc2c1CCN2c1nc(-c2cccc(Cl)c2)nc2c1CSC2. The second kappa shape index (κ2) is 8.64. The lowest BCUT2D eigenvalue weighted by Crippen LogP contribution is -2.27. The van der Waals surface area contributed by atoms with E-state index in [1.165, 1.54) is 10.5 Å². The summed E-state index contributed by atoms with van der Waals surface area (Å²) < 4.78 is 5.89. The van der Waals surface area contributed by atoms with Gasteiger partial charge in [-0.1, -0.05) is 29.8 Å².